The molecule has 0 amide bonds. The van der Waals surface area contributed by atoms with Crippen molar-refractivity contribution < 1.29 is 4.79 Å². The quantitative estimate of drug-likeness (QED) is 0.639. The van der Waals surface area contributed by atoms with Crippen LogP contribution in [0.3, 0.4) is 0 Å². The van der Waals surface area contributed by atoms with Gasteiger partial charge in [0.1, 0.15) is 0 Å². The highest BCUT2D eigenvalue weighted by molar-refractivity contribution is 5.95. The second-order valence-corrected chi connectivity index (χ2v) is 4.66. The Morgan fingerprint density at radius 1 is 1.32 bits per heavy atom. The number of nitrogen functional groups attached to an aromatic ring is 1. The zero-order valence-electron chi connectivity index (χ0n) is 11.2. The van der Waals surface area contributed by atoms with Crippen molar-refractivity contribution in [1.29, 1.82) is 0 Å². The lowest BCUT2D eigenvalue weighted by molar-refractivity contribution is 0.0982. The molecule has 0 aliphatic rings. The van der Waals surface area contributed by atoms with Crippen LogP contribution in [0.1, 0.15) is 35.7 Å². The van der Waals surface area contributed by atoms with Gasteiger partial charge < -0.3 is 5.73 Å². The predicted octanol–water partition coefficient (Wildman–Crippen LogP) is 2.69. The standard InChI is InChI=1S/C15H19N3O/c1-2-9-18-11-13(10-17-18)15(19)8-5-12-3-6-14(16)7-4-12/h3-4,6-7,10-11H,2,5,8-9,16H2,1H3. The Hall–Kier alpha value is -2.10. The minimum atomic E-state index is 0.138. The summed E-state index contributed by atoms with van der Waals surface area (Å²) in [5, 5.41) is 4.17. The van der Waals surface area contributed by atoms with Gasteiger partial charge in [-0.15, -0.1) is 0 Å². The number of carbonyl (C=O) groups is 1. The first kappa shape index (κ1) is 13.3. The second kappa shape index (κ2) is 6.18. The third-order valence-electron chi connectivity index (χ3n) is 3.03. The smallest absolute Gasteiger partial charge is 0.166 e. The van der Waals surface area contributed by atoms with Gasteiger partial charge in [-0.1, -0.05) is 19.1 Å². The predicted molar refractivity (Wildman–Crippen MR) is 76.0 cm³/mol. The van der Waals surface area contributed by atoms with E-state index in [1.54, 1.807) is 6.20 Å². The molecule has 100 valence electrons. The van der Waals surface area contributed by atoms with Crippen molar-refractivity contribution >= 4 is 11.5 Å². The summed E-state index contributed by atoms with van der Waals surface area (Å²) in [6, 6.07) is 7.64. The average molecular weight is 257 g/mol. The Kier molecular flexibility index (Phi) is 4.34. The van der Waals surface area contributed by atoms with Crippen LogP contribution < -0.4 is 5.73 Å². The number of nitrogens with zero attached hydrogens (tertiary/aromatic N) is 2. The first-order chi connectivity index (χ1) is 9.19. The molecule has 1 aromatic carbocycles. The molecule has 0 aliphatic carbocycles. The topological polar surface area (TPSA) is 60.9 Å². The first-order valence-corrected chi connectivity index (χ1v) is 6.59. The van der Waals surface area contributed by atoms with E-state index in [2.05, 4.69) is 12.0 Å². The number of carbonyl (C=O) groups excluding carboxylic acids is 1. The average Bonchev–Trinajstić information content (AvgIpc) is 2.87. The third-order valence-corrected chi connectivity index (χ3v) is 3.03. The van der Waals surface area contributed by atoms with E-state index >= 15 is 0 Å². The molecule has 2 aromatic rings. The minimum absolute atomic E-state index is 0.138. The van der Waals surface area contributed by atoms with Gasteiger partial charge in [0.05, 0.1) is 11.8 Å². The Morgan fingerprint density at radius 2 is 2.05 bits per heavy atom. The molecular weight excluding hydrogens is 238 g/mol. The van der Waals surface area contributed by atoms with Crippen molar-refractivity contribution in [3.8, 4) is 0 Å². The fraction of sp³-hybridized carbons (Fsp3) is 0.333. The highest BCUT2D eigenvalue weighted by atomic mass is 16.1. The molecule has 1 aromatic heterocycles. The van der Waals surface area contributed by atoms with Gasteiger partial charge in [-0.05, 0) is 30.5 Å². The fourth-order valence-corrected chi connectivity index (χ4v) is 1.95. The van der Waals surface area contributed by atoms with E-state index in [-0.39, 0.29) is 5.78 Å². The normalized spacial score (nSPS) is 10.6. The third kappa shape index (κ3) is 3.68. The minimum Gasteiger partial charge on any atom is -0.399 e. The number of ketones is 1. The largest absolute Gasteiger partial charge is 0.399 e. The summed E-state index contributed by atoms with van der Waals surface area (Å²) in [5.74, 6) is 0.138. The van der Waals surface area contributed by atoms with Gasteiger partial charge >= 0.3 is 0 Å². The van der Waals surface area contributed by atoms with E-state index in [0.29, 0.717) is 12.0 Å². The summed E-state index contributed by atoms with van der Waals surface area (Å²) < 4.78 is 1.82. The van der Waals surface area contributed by atoms with Gasteiger partial charge in [-0.25, -0.2) is 0 Å². The second-order valence-electron chi connectivity index (χ2n) is 4.66. The maximum Gasteiger partial charge on any atom is 0.166 e. The molecule has 4 nitrogen and oxygen atoms in total. The van der Waals surface area contributed by atoms with Crippen LogP contribution >= 0.6 is 0 Å². The molecule has 0 saturated carbocycles. The molecule has 0 spiro atoms. The molecule has 0 aliphatic heterocycles. The molecule has 1 heterocycles. The lowest BCUT2D eigenvalue weighted by Crippen LogP contribution is -2.01. The van der Waals surface area contributed by atoms with Crippen LogP contribution in [0.25, 0.3) is 0 Å². The highest BCUT2D eigenvalue weighted by Crippen LogP contribution is 2.10. The zero-order valence-corrected chi connectivity index (χ0v) is 11.2. The highest BCUT2D eigenvalue weighted by Gasteiger charge is 2.08. The van der Waals surface area contributed by atoms with Crippen molar-refractivity contribution in [1.82, 2.24) is 9.78 Å². The number of aryl methyl sites for hydroxylation is 2. The van der Waals surface area contributed by atoms with Crippen molar-refractivity contribution in [2.45, 2.75) is 32.7 Å². The first-order valence-electron chi connectivity index (χ1n) is 6.59. The molecule has 0 radical (unpaired) electrons. The van der Waals surface area contributed by atoms with Crippen LogP contribution in [0.2, 0.25) is 0 Å². The van der Waals surface area contributed by atoms with Crippen LogP contribution in [-0.4, -0.2) is 15.6 Å². The van der Waals surface area contributed by atoms with Crippen LogP contribution in [0.4, 0.5) is 5.69 Å². The van der Waals surface area contributed by atoms with Crippen molar-refractivity contribution in [3.63, 3.8) is 0 Å². The number of anilines is 1. The molecule has 2 N–H and O–H groups in total. The van der Waals surface area contributed by atoms with Gasteiger partial charge in [0.2, 0.25) is 0 Å². The summed E-state index contributed by atoms with van der Waals surface area (Å²) in [4.78, 5) is 12.0. The summed E-state index contributed by atoms with van der Waals surface area (Å²) in [6.07, 6.45) is 5.73. The van der Waals surface area contributed by atoms with Crippen molar-refractivity contribution in [2.75, 3.05) is 5.73 Å². The Bertz CT molecular complexity index is 543. The summed E-state index contributed by atoms with van der Waals surface area (Å²) in [7, 11) is 0. The zero-order chi connectivity index (χ0) is 13.7. The summed E-state index contributed by atoms with van der Waals surface area (Å²) in [6.45, 7) is 2.94. The van der Waals surface area contributed by atoms with E-state index in [9.17, 15) is 4.79 Å². The van der Waals surface area contributed by atoms with Gasteiger partial charge in [0.25, 0.3) is 0 Å². The van der Waals surface area contributed by atoms with Crippen LogP contribution in [0.15, 0.2) is 36.7 Å². The van der Waals surface area contributed by atoms with Crippen LogP contribution in [0.5, 0.6) is 0 Å². The van der Waals surface area contributed by atoms with Crippen molar-refractivity contribution in [2.24, 2.45) is 0 Å². The number of rotatable bonds is 6. The lowest BCUT2D eigenvalue weighted by atomic mass is 10.0. The maximum atomic E-state index is 12.0. The van der Waals surface area contributed by atoms with Gasteiger partial charge in [0, 0.05) is 24.8 Å². The Labute approximate surface area is 113 Å². The molecular formula is C15H19N3O. The molecule has 0 saturated heterocycles. The monoisotopic (exact) mass is 257 g/mol. The molecule has 0 atom stereocenters. The Morgan fingerprint density at radius 3 is 2.74 bits per heavy atom. The number of hydrogen-bond donors (Lipinski definition) is 1. The Balaban J connectivity index is 1.91. The summed E-state index contributed by atoms with van der Waals surface area (Å²) in [5.41, 5.74) is 8.20. The van der Waals surface area contributed by atoms with Gasteiger partial charge in [0.15, 0.2) is 5.78 Å². The van der Waals surface area contributed by atoms with E-state index in [1.807, 2.05) is 35.1 Å². The van der Waals surface area contributed by atoms with Crippen LogP contribution in [0, 0.1) is 0 Å². The molecule has 4 heteroatoms. The fourth-order valence-electron chi connectivity index (χ4n) is 1.95. The molecule has 0 unspecified atom stereocenters. The van der Waals surface area contributed by atoms with E-state index < -0.39 is 0 Å². The molecule has 2 rings (SSSR count). The molecule has 0 fully saturated rings. The number of aromatic nitrogens is 2. The molecule has 0 bridgehead atoms. The number of nitrogens with two attached hydrogens (primary N) is 1. The van der Waals surface area contributed by atoms with Gasteiger partial charge in [-0.3, -0.25) is 9.48 Å². The van der Waals surface area contributed by atoms with E-state index in [1.165, 1.54) is 0 Å². The van der Waals surface area contributed by atoms with Crippen molar-refractivity contribution in [3.05, 3.63) is 47.8 Å². The summed E-state index contributed by atoms with van der Waals surface area (Å²) >= 11 is 0. The number of Topliss-reactive ketones (excluding diaryl/α,β-unsaturated/α-hetero) is 1. The van der Waals surface area contributed by atoms with E-state index in [0.717, 1.165) is 30.6 Å². The SMILES string of the molecule is CCCn1cc(C(=O)CCc2ccc(N)cc2)cn1. The van der Waals surface area contributed by atoms with Crippen LogP contribution in [-0.2, 0) is 13.0 Å². The maximum absolute atomic E-state index is 12.0. The van der Waals surface area contributed by atoms with Gasteiger partial charge in [-0.2, -0.15) is 5.10 Å². The lowest BCUT2D eigenvalue weighted by Gasteiger charge is -2.01. The number of benzene rings is 1. The number of hydrogen-bond acceptors (Lipinski definition) is 3. The van der Waals surface area contributed by atoms with E-state index in [4.69, 9.17) is 5.73 Å². The molecule has 19 heavy (non-hydrogen) atoms.